The van der Waals surface area contributed by atoms with Gasteiger partial charge in [0.2, 0.25) is 5.91 Å². The maximum Gasteiger partial charge on any atom is 0.254 e. The molecule has 6 nitrogen and oxygen atoms in total. The summed E-state index contributed by atoms with van der Waals surface area (Å²) in [4.78, 5) is 27.3. The van der Waals surface area contributed by atoms with Crippen molar-refractivity contribution in [1.29, 1.82) is 0 Å². The van der Waals surface area contributed by atoms with Crippen LogP contribution in [0, 0.1) is 12.8 Å². The van der Waals surface area contributed by atoms with E-state index < -0.39 is 9.84 Å². The number of carbonyl (C=O) groups is 2. The molecule has 3 rings (SSSR count). The lowest BCUT2D eigenvalue weighted by Crippen LogP contribution is -2.48. The van der Waals surface area contributed by atoms with Crippen molar-refractivity contribution in [2.24, 2.45) is 5.92 Å². The van der Waals surface area contributed by atoms with Gasteiger partial charge in [0.15, 0.2) is 9.84 Å². The van der Waals surface area contributed by atoms with E-state index in [0.29, 0.717) is 18.7 Å². The topological polar surface area (TPSA) is 83.6 Å². The molecule has 1 aromatic rings. The molecule has 0 bridgehead atoms. The second-order valence-corrected chi connectivity index (χ2v) is 10.2. The molecule has 7 heteroatoms. The van der Waals surface area contributed by atoms with Crippen LogP contribution in [0.3, 0.4) is 0 Å². The first-order valence-electron chi connectivity index (χ1n) is 10.2. The smallest absolute Gasteiger partial charge is 0.254 e. The van der Waals surface area contributed by atoms with E-state index in [4.69, 9.17) is 0 Å². The van der Waals surface area contributed by atoms with Gasteiger partial charge in [-0.2, -0.15) is 0 Å². The Hall–Kier alpha value is -1.89. The van der Waals surface area contributed by atoms with Crippen molar-refractivity contribution in [3.63, 3.8) is 0 Å². The summed E-state index contributed by atoms with van der Waals surface area (Å²) in [5.74, 6) is 0.177. The van der Waals surface area contributed by atoms with Gasteiger partial charge in [-0.05, 0) is 50.3 Å². The Morgan fingerprint density at radius 3 is 2.29 bits per heavy atom. The summed E-state index contributed by atoms with van der Waals surface area (Å²) in [5.41, 5.74) is 1.21. The quantitative estimate of drug-likeness (QED) is 0.833. The number of hydrogen-bond donors (Lipinski definition) is 1. The normalized spacial score (nSPS) is 19.4. The molecule has 1 N–H and O–H groups in total. The van der Waals surface area contributed by atoms with E-state index in [2.05, 4.69) is 5.32 Å². The molecule has 1 aliphatic carbocycles. The van der Waals surface area contributed by atoms with Gasteiger partial charge in [-0.15, -0.1) is 0 Å². The highest BCUT2D eigenvalue weighted by Crippen LogP contribution is 2.25. The minimum atomic E-state index is -3.36. The monoisotopic (exact) mass is 406 g/mol. The van der Waals surface area contributed by atoms with Crippen LogP contribution in [0.25, 0.3) is 0 Å². The van der Waals surface area contributed by atoms with Gasteiger partial charge in [0, 0.05) is 36.9 Å². The highest BCUT2D eigenvalue weighted by atomic mass is 32.2. The average molecular weight is 407 g/mol. The molecule has 1 heterocycles. The van der Waals surface area contributed by atoms with E-state index in [9.17, 15) is 18.0 Å². The van der Waals surface area contributed by atoms with Crippen LogP contribution in [-0.4, -0.2) is 50.5 Å². The predicted molar refractivity (Wildman–Crippen MR) is 108 cm³/mol. The van der Waals surface area contributed by atoms with Crippen LogP contribution >= 0.6 is 0 Å². The lowest BCUT2D eigenvalue weighted by Gasteiger charge is -2.34. The fourth-order valence-corrected chi connectivity index (χ4v) is 4.79. The Bertz CT molecular complexity index is 836. The van der Waals surface area contributed by atoms with Crippen LogP contribution in [0.5, 0.6) is 0 Å². The minimum absolute atomic E-state index is 0.113. The van der Waals surface area contributed by atoms with Crippen LogP contribution in [-0.2, 0) is 14.6 Å². The fourth-order valence-electron chi connectivity index (χ4n) is 4.14. The number of amides is 2. The molecular weight excluding hydrogens is 376 g/mol. The van der Waals surface area contributed by atoms with Gasteiger partial charge in [0.1, 0.15) is 0 Å². The molecule has 0 spiro atoms. The van der Waals surface area contributed by atoms with E-state index in [1.807, 2.05) is 6.92 Å². The van der Waals surface area contributed by atoms with Gasteiger partial charge >= 0.3 is 0 Å². The molecule has 2 fully saturated rings. The van der Waals surface area contributed by atoms with Gasteiger partial charge in [0.25, 0.3) is 5.91 Å². The van der Waals surface area contributed by atoms with E-state index in [1.54, 1.807) is 11.0 Å². The zero-order valence-corrected chi connectivity index (χ0v) is 17.6. The third-order valence-electron chi connectivity index (χ3n) is 5.97. The van der Waals surface area contributed by atoms with Gasteiger partial charge in [-0.1, -0.05) is 25.3 Å². The van der Waals surface area contributed by atoms with Crippen molar-refractivity contribution >= 4 is 21.7 Å². The Labute approximate surface area is 167 Å². The van der Waals surface area contributed by atoms with Crippen molar-refractivity contribution in [2.75, 3.05) is 19.3 Å². The van der Waals surface area contributed by atoms with E-state index >= 15 is 0 Å². The lowest BCUT2D eigenvalue weighted by atomic mass is 9.88. The van der Waals surface area contributed by atoms with E-state index in [0.717, 1.165) is 50.3 Å². The largest absolute Gasteiger partial charge is 0.353 e. The van der Waals surface area contributed by atoms with Gasteiger partial charge in [-0.25, -0.2) is 8.42 Å². The number of nitrogens with one attached hydrogen (secondary N) is 1. The van der Waals surface area contributed by atoms with Gasteiger partial charge in [-0.3, -0.25) is 9.59 Å². The zero-order chi connectivity index (χ0) is 20.3. The molecule has 0 atom stereocenters. The van der Waals surface area contributed by atoms with Crippen molar-refractivity contribution in [3.8, 4) is 0 Å². The van der Waals surface area contributed by atoms with Crippen LogP contribution in [0.15, 0.2) is 23.1 Å². The van der Waals surface area contributed by atoms with Crippen molar-refractivity contribution in [2.45, 2.75) is 62.8 Å². The van der Waals surface area contributed by atoms with Crippen molar-refractivity contribution in [1.82, 2.24) is 10.2 Å². The maximum atomic E-state index is 12.9. The third-order valence-corrected chi connectivity index (χ3v) is 7.08. The van der Waals surface area contributed by atoms with E-state index in [1.165, 1.54) is 18.6 Å². The Morgan fingerprint density at radius 1 is 1.04 bits per heavy atom. The summed E-state index contributed by atoms with van der Waals surface area (Å²) in [5, 5.41) is 3.17. The second kappa shape index (κ2) is 8.64. The summed E-state index contributed by atoms with van der Waals surface area (Å²) in [7, 11) is -3.36. The van der Waals surface area contributed by atoms with Crippen LogP contribution in [0.1, 0.15) is 60.9 Å². The predicted octanol–water partition coefficient (Wildman–Crippen LogP) is 2.70. The van der Waals surface area contributed by atoms with Gasteiger partial charge < -0.3 is 10.2 Å². The number of rotatable bonds is 4. The number of carbonyl (C=O) groups excluding carboxylic acids is 2. The molecule has 0 radical (unpaired) electrons. The molecular formula is C21H30N2O4S. The number of sulfone groups is 1. The Kier molecular flexibility index (Phi) is 6.43. The van der Waals surface area contributed by atoms with Crippen LogP contribution in [0.4, 0.5) is 0 Å². The Balaban J connectivity index is 1.59. The molecule has 0 unspecified atom stereocenters. The average Bonchev–Trinajstić information content (AvgIpc) is 2.68. The van der Waals surface area contributed by atoms with Crippen molar-refractivity contribution in [3.05, 3.63) is 29.3 Å². The highest BCUT2D eigenvalue weighted by molar-refractivity contribution is 7.90. The summed E-state index contributed by atoms with van der Waals surface area (Å²) in [6, 6.07) is 4.81. The summed E-state index contributed by atoms with van der Waals surface area (Å²) < 4.78 is 23.6. The number of benzene rings is 1. The molecule has 1 saturated heterocycles. The molecule has 2 amide bonds. The minimum Gasteiger partial charge on any atom is -0.353 e. The highest BCUT2D eigenvalue weighted by Gasteiger charge is 2.28. The standard InChI is InChI=1S/C21H30N2O4S/c1-15-8-9-18(28(2,26)27)14-19(15)21(25)23-12-10-17(11-13-23)22-20(24)16-6-4-3-5-7-16/h8-9,14,16-17H,3-7,10-13H2,1-2H3,(H,22,24). The number of aryl methyl sites for hydroxylation is 1. The second-order valence-electron chi connectivity index (χ2n) is 8.16. The number of nitrogens with zero attached hydrogens (tertiary/aromatic N) is 1. The molecule has 1 saturated carbocycles. The fraction of sp³-hybridized carbons (Fsp3) is 0.619. The molecule has 28 heavy (non-hydrogen) atoms. The summed E-state index contributed by atoms with van der Waals surface area (Å²) in [6.07, 6.45) is 8.08. The molecule has 1 aliphatic heterocycles. The molecule has 0 aromatic heterocycles. The van der Waals surface area contributed by atoms with E-state index in [-0.39, 0.29) is 28.7 Å². The van der Waals surface area contributed by atoms with Crippen LogP contribution < -0.4 is 5.32 Å². The lowest BCUT2D eigenvalue weighted by molar-refractivity contribution is -0.126. The zero-order valence-electron chi connectivity index (χ0n) is 16.7. The first-order valence-corrected chi connectivity index (χ1v) is 12.0. The van der Waals surface area contributed by atoms with Crippen molar-refractivity contribution < 1.29 is 18.0 Å². The third kappa shape index (κ3) is 4.93. The maximum absolute atomic E-state index is 12.9. The summed E-state index contributed by atoms with van der Waals surface area (Å²) in [6.45, 7) is 2.95. The van der Waals surface area contributed by atoms with Gasteiger partial charge in [0.05, 0.1) is 4.90 Å². The SMILES string of the molecule is Cc1ccc(S(C)(=O)=O)cc1C(=O)N1CCC(NC(=O)C2CCCCC2)CC1. The molecule has 154 valence electrons. The summed E-state index contributed by atoms with van der Waals surface area (Å²) >= 11 is 0. The first-order chi connectivity index (χ1) is 13.3. The van der Waals surface area contributed by atoms with Crippen LogP contribution in [0.2, 0.25) is 0 Å². The number of piperidine rings is 1. The number of hydrogen-bond acceptors (Lipinski definition) is 4. The number of likely N-dealkylation sites (tertiary alicyclic amines) is 1. The Morgan fingerprint density at radius 2 is 1.68 bits per heavy atom. The first kappa shape index (κ1) is 20.8. The molecule has 1 aromatic carbocycles. The molecule has 2 aliphatic rings.